The summed E-state index contributed by atoms with van der Waals surface area (Å²) in [6.07, 6.45) is -0.960. The minimum absolute atomic E-state index is 0.0776. The zero-order valence-corrected chi connectivity index (χ0v) is 14.0. The fourth-order valence-corrected chi connectivity index (χ4v) is 5.10. The van der Waals surface area contributed by atoms with Gasteiger partial charge in [0.25, 0.3) is 0 Å². The van der Waals surface area contributed by atoms with Crippen LogP contribution in [-0.2, 0) is 19.9 Å². The van der Waals surface area contributed by atoms with Crippen molar-refractivity contribution in [3.63, 3.8) is 0 Å². The number of hydrogen-bond donors (Lipinski definition) is 3. The zero-order valence-electron chi connectivity index (χ0n) is 11.6. The van der Waals surface area contributed by atoms with Crippen LogP contribution >= 0.6 is 11.6 Å². The predicted octanol–water partition coefficient (Wildman–Crippen LogP) is -0.634. The van der Waals surface area contributed by atoms with Gasteiger partial charge in [-0.3, -0.25) is 0 Å². The van der Waals surface area contributed by atoms with E-state index >= 15 is 0 Å². The van der Waals surface area contributed by atoms with E-state index in [9.17, 15) is 21.9 Å². The van der Waals surface area contributed by atoms with Gasteiger partial charge in [0.05, 0.1) is 22.5 Å². The Bertz CT molecular complexity index is 718. The molecule has 1 aromatic carbocycles. The van der Waals surface area contributed by atoms with Crippen LogP contribution in [-0.4, -0.2) is 58.7 Å². The highest BCUT2D eigenvalue weighted by molar-refractivity contribution is 7.91. The van der Waals surface area contributed by atoms with E-state index in [-0.39, 0.29) is 29.5 Å². The highest BCUT2D eigenvalue weighted by atomic mass is 35.5. The van der Waals surface area contributed by atoms with Crippen molar-refractivity contribution < 1.29 is 21.9 Å². The monoisotopic (exact) mass is 368 g/mol. The molecule has 0 radical (unpaired) electrons. The Morgan fingerprint density at radius 2 is 1.82 bits per heavy atom. The maximum absolute atomic E-state index is 12.0. The number of aliphatic hydroxyl groups is 1. The van der Waals surface area contributed by atoms with E-state index in [0.29, 0.717) is 5.02 Å². The minimum Gasteiger partial charge on any atom is -0.390 e. The first-order chi connectivity index (χ1) is 10.2. The minimum atomic E-state index is -3.64. The number of aliphatic hydroxyl groups excluding tert-OH is 1. The van der Waals surface area contributed by atoms with Crippen LogP contribution in [0.2, 0.25) is 5.02 Å². The zero-order chi connectivity index (χ0) is 16.4. The van der Waals surface area contributed by atoms with Crippen molar-refractivity contribution in [1.82, 2.24) is 10.0 Å². The predicted molar refractivity (Wildman–Crippen MR) is 83.1 cm³/mol. The summed E-state index contributed by atoms with van der Waals surface area (Å²) in [4.78, 5) is 0.0976. The molecular formula is C12H17ClN2O5S2. The van der Waals surface area contributed by atoms with Gasteiger partial charge in [-0.25, -0.2) is 21.6 Å². The second kappa shape index (κ2) is 6.81. The van der Waals surface area contributed by atoms with Crippen molar-refractivity contribution >= 4 is 31.5 Å². The van der Waals surface area contributed by atoms with Crippen molar-refractivity contribution in [1.29, 1.82) is 0 Å². The van der Waals surface area contributed by atoms with E-state index in [1.54, 1.807) is 0 Å². The number of sulfonamides is 1. The second-order valence-electron chi connectivity index (χ2n) is 5.06. The molecule has 1 fully saturated rings. The summed E-state index contributed by atoms with van der Waals surface area (Å²) in [5.41, 5.74) is 0. The summed E-state index contributed by atoms with van der Waals surface area (Å²) >= 11 is 5.70. The fourth-order valence-electron chi connectivity index (χ4n) is 2.16. The highest BCUT2D eigenvalue weighted by Crippen LogP contribution is 2.14. The van der Waals surface area contributed by atoms with Crippen molar-refractivity contribution in [2.45, 2.75) is 17.0 Å². The van der Waals surface area contributed by atoms with Crippen LogP contribution in [0, 0.1) is 0 Å². The molecule has 0 amide bonds. The lowest BCUT2D eigenvalue weighted by molar-refractivity contribution is 0.166. The molecular weight excluding hydrogens is 352 g/mol. The maximum atomic E-state index is 12.0. The normalized spacial score (nSPS) is 24.5. The molecule has 0 unspecified atom stereocenters. The number of benzene rings is 1. The summed E-state index contributed by atoms with van der Waals surface area (Å²) in [6.45, 7) is 0.290. The van der Waals surface area contributed by atoms with Crippen molar-refractivity contribution in [3.8, 4) is 0 Å². The molecule has 0 saturated carbocycles. The van der Waals surface area contributed by atoms with Crippen LogP contribution in [0.4, 0.5) is 0 Å². The number of sulfone groups is 1. The third-order valence-corrected chi connectivity index (χ3v) is 6.72. The first-order valence-electron chi connectivity index (χ1n) is 6.57. The first kappa shape index (κ1) is 17.6. The van der Waals surface area contributed by atoms with Crippen LogP contribution in [0.25, 0.3) is 0 Å². The quantitative estimate of drug-likeness (QED) is 0.576. The number of hydrogen-bond acceptors (Lipinski definition) is 6. The molecule has 124 valence electrons. The van der Waals surface area contributed by atoms with Gasteiger partial charge in [0.1, 0.15) is 0 Å². The lowest BCUT2D eigenvalue weighted by Gasteiger charge is -2.15. The van der Waals surface area contributed by atoms with Gasteiger partial charge in [0.15, 0.2) is 9.84 Å². The average Bonchev–Trinajstić information content (AvgIpc) is 2.68. The SMILES string of the molecule is O=S1(=O)C[C@@H](O)[C@@H](NCCNS(=O)(=O)c2ccc(Cl)cc2)C1. The Kier molecular flexibility index (Phi) is 5.46. The van der Waals surface area contributed by atoms with Gasteiger partial charge in [0, 0.05) is 24.2 Å². The van der Waals surface area contributed by atoms with Gasteiger partial charge in [-0.05, 0) is 24.3 Å². The summed E-state index contributed by atoms with van der Waals surface area (Å²) in [6, 6.07) is 5.18. The summed E-state index contributed by atoms with van der Waals surface area (Å²) < 4.78 is 49.0. The molecule has 7 nitrogen and oxygen atoms in total. The second-order valence-corrected chi connectivity index (χ2v) is 9.41. The van der Waals surface area contributed by atoms with E-state index in [4.69, 9.17) is 11.6 Å². The maximum Gasteiger partial charge on any atom is 0.240 e. The molecule has 0 aliphatic carbocycles. The topological polar surface area (TPSA) is 113 Å². The van der Waals surface area contributed by atoms with E-state index in [2.05, 4.69) is 10.0 Å². The van der Waals surface area contributed by atoms with Crippen LogP contribution < -0.4 is 10.0 Å². The summed E-state index contributed by atoms with van der Waals surface area (Å²) in [5.74, 6) is -0.404. The standard InChI is InChI=1S/C12H17ClN2O5S2/c13-9-1-3-10(4-2-9)22(19,20)15-6-5-14-11-7-21(17,18)8-12(11)16/h1-4,11-12,14-16H,5-8H2/t11-,12+/m0/s1. The van der Waals surface area contributed by atoms with Gasteiger partial charge >= 0.3 is 0 Å². The molecule has 1 aliphatic rings. The smallest absolute Gasteiger partial charge is 0.240 e. The molecule has 1 aliphatic heterocycles. The molecule has 1 aromatic rings. The molecule has 0 spiro atoms. The van der Waals surface area contributed by atoms with E-state index in [1.807, 2.05) is 0 Å². The average molecular weight is 369 g/mol. The van der Waals surface area contributed by atoms with Crippen molar-refractivity contribution in [2.75, 3.05) is 24.6 Å². The number of halogens is 1. The van der Waals surface area contributed by atoms with Crippen molar-refractivity contribution in [2.24, 2.45) is 0 Å². The lowest BCUT2D eigenvalue weighted by atomic mass is 10.2. The third-order valence-electron chi connectivity index (χ3n) is 3.27. The Morgan fingerprint density at radius 1 is 1.18 bits per heavy atom. The van der Waals surface area contributed by atoms with Crippen LogP contribution in [0.5, 0.6) is 0 Å². The van der Waals surface area contributed by atoms with Gasteiger partial charge in [-0.2, -0.15) is 0 Å². The molecule has 1 heterocycles. The Balaban J connectivity index is 1.82. The van der Waals surface area contributed by atoms with E-state index in [0.717, 1.165) is 0 Å². The molecule has 2 rings (SSSR count). The van der Waals surface area contributed by atoms with Crippen LogP contribution in [0.3, 0.4) is 0 Å². The molecule has 22 heavy (non-hydrogen) atoms. The van der Waals surface area contributed by atoms with Gasteiger partial charge in [-0.1, -0.05) is 11.6 Å². The molecule has 0 aromatic heterocycles. The number of rotatable bonds is 6. The Morgan fingerprint density at radius 3 is 2.36 bits per heavy atom. The largest absolute Gasteiger partial charge is 0.390 e. The van der Waals surface area contributed by atoms with E-state index < -0.39 is 32.0 Å². The molecule has 10 heteroatoms. The highest BCUT2D eigenvalue weighted by Gasteiger charge is 2.35. The fraction of sp³-hybridized carbons (Fsp3) is 0.500. The molecule has 1 saturated heterocycles. The van der Waals surface area contributed by atoms with Crippen LogP contribution in [0.1, 0.15) is 0 Å². The first-order valence-corrected chi connectivity index (χ1v) is 10.2. The van der Waals surface area contributed by atoms with Gasteiger partial charge in [-0.15, -0.1) is 0 Å². The Hall–Kier alpha value is -0.710. The Labute approximate surface area is 134 Å². The molecule has 3 N–H and O–H groups in total. The van der Waals surface area contributed by atoms with Crippen molar-refractivity contribution in [3.05, 3.63) is 29.3 Å². The summed E-state index contributed by atoms with van der Waals surface area (Å²) in [7, 11) is -6.86. The third kappa shape index (κ3) is 4.64. The molecule has 0 bridgehead atoms. The van der Waals surface area contributed by atoms with Gasteiger partial charge in [0.2, 0.25) is 10.0 Å². The van der Waals surface area contributed by atoms with Crippen LogP contribution in [0.15, 0.2) is 29.2 Å². The van der Waals surface area contributed by atoms with E-state index in [1.165, 1.54) is 24.3 Å². The lowest BCUT2D eigenvalue weighted by Crippen LogP contribution is -2.42. The molecule has 2 atom stereocenters. The summed E-state index contributed by atoms with van der Waals surface area (Å²) in [5, 5.41) is 12.9. The van der Waals surface area contributed by atoms with Gasteiger partial charge < -0.3 is 10.4 Å². The number of nitrogens with one attached hydrogen (secondary N) is 2.